The van der Waals surface area contributed by atoms with E-state index in [0.717, 1.165) is 12.8 Å². The van der Waals surface area contributed by atoms with Crippen molar-refractivity contribution in [2.75, 3.05) is 0 Å². The van der Waals surface area contributed by atoms with E-state index in [-0.39, 0.29) is 20.8 Å². The number of halogens is 1. The normalized spacial score (nSPS) is 34.4. The number of nitrogens with one attached hydrogen (secondary N) is 1. The Labute approximate surface area is 120 Å². The van der Waals surface area contributed by atoms with Crippen LogP contribution in [0.1, 0.15) is 40.5 Å². The zero-order valence-corrected chi connectivity index (χ0v) is 13.7. The van der Waals surface area contributed by atoms with Gasteiger partial charge in [0, 0.05) is 6.04 Å². The molecular weight excluding hydrogens is 353 g/mol. The molecule has 0 aliphatic carbocycles. The van der Waals surface area contributed by atoms with Crippen molar-refractivity contribution in [3.8, 4) is 0 Å². The van der Waals surface area contributed by atoms with Crippen LogP contribution in [-0.4, -0.2) is 36.4 Å². The number of rotatable bonds is 3. The molecule has 102 valence electrons. The summed E-state index contributed by atoms with van der Waals surface area (Å²) in [6.07, 6.45) is 1.05. The molecule has 0 spiro atoms. The van der Waals surface area contributed by atoms with Gasteiger partial charge in [0.2, 0.25) is 0 Å². The second-order valence-electron chi connectivity index (χ2n) is 5.45. The zero-order valence-electron chi connectivity index (χ0n) is 10.8. The van der Waals surface area contributed by atoms with E-state index < -0.39 is 17.3 Å². The monoisotopic (exact) mass is 375 g/mol. The summed E-state index contributed by atoms with van der Waals surface area (Å²) in [6.45, 7) is 7.75. The van der Waals surface area contributed by atoms with Gasteiger partial charge in [-0.25, -0.2) is 8.93 Å². The first-order valence-corrected chi connectivity index (χ1v) is 8.27. The summed E-state index contributed by atoms with van der Waals surface area (Å²) >= 11 is 2.20. The van der Waals surface area contributed by atoms with Crippen molar-refractivity contribution in [3.63, 3.8) is 0 Å². The minimum atomic E-state index is -1.10. The van der Waals surface area contributed by atoms with Gasteiger partial charge in [-0.15, -0.1) is 0 Å². The molecule has 0 amide bonds. The first-order chi connectivity index (χ1) is 7.71. The Balaban J connectivity index is 2.48. The zero-order chi connectivity index (χ0) is 13.2. The van der Waals surface area contributed by atoms with Gasteiger partial charge < -0.3 is 9.84 Å². The number of aliphatic hydroxyl groups excluding tert-OH is 1. The largest absolute Gasteiger partial charge is 0.367 e. The third kappa shape index (κ3) is 4.74. The molecule has 0 aromatic heterocycles. The molecule has 0 aromatic carbocycles. The average Bonchev–Trinajstić information content (AvgIpc) is 2.20. The molecule has 1 fully saturated rings. The van der Waals surface area contributed by atoms with Crippen molar-refractivity contribution >= 4 is 33.6 Å². The second kappa shape index (κ2) is 6.27. The van der Waals surface area contributed by atoms with E-state index in [1.807, 2.05) is 27.7 Å². The summed E-state index contributed by atoms with van der Waals surface area (Å²) in [5.41, 5.74) is 0. The molecule has 0 aromatic rings. The molecule has 0 radical (unpaired) electrons. The fraction of sp³-hybridized carbons (Fsp3) is 1.00. The molecule has 1 rings (SSSR count). The highest BCUT2D eigenvalue weighted by molar-refractivity contribution is 14.1. The van der Waals surface area contributed by atoms with Gasteiger partial charge in [-0.05, 0) is 40.5 Å². The van der Waals surface area contributed by atoms with Gasteiger partial charge in [0.1, 0.15) is 0 Å². The van der Waals surface area contributed by atoms with Crippen LogP contribution in [0.15, 0.2) is 0 Å². The van der Waals surface area contributed by atoms with Gasteiger partial charge in [0.25, 0.3) is 0 Å². The quantitative estimate of drug-likeness (QED) is 0.584. The van der Waals surface area contributed by atoms with E-state index in [1.165, 1.54) is 0 Å². The fourth-order valence-electron chi connectivity index (χ4n) is 1.59. The molecule has 1 saturated heterocycles. The molecule has 17 heavy (non-hydrogen) atoms. The van der Waals surface area contributed by atoms with E-state index in [9.17, 15) is 9.32 Å². The number of alkyl halides is 1. The summed E-state index contributed by atoms with van der Waals surface area (Å²) in [5.74, 6) is 0. The predicted octanol–water partition coefficient (Wildman–Crippen LogP) is 1.73. The lowest BCUT2D eigenvalue weighted by atomic mass is 10.0. The maximum Gasteiger partial charge on any atom is 0.166 e. The highest BCUT2D eigenvalue weighted by Gasteiger charge is 2.32. The van der Waals surface area contributed by atoms with Gasteiger partial charge >= 0.3 is 0 Å². The summed E-state index contributed by atoms with van der Waals surface area (Å²) in [7, 11) is -1.10. The van der Waals surface area contributed by atoms with E-state index in [0.29, 0.717) is 0 Å². The lowest BCUT2D eigenvalue weighted by Crippen LogP contribution is -2.49. The van der Waals surface area contributed by atoms with E-state index in [4.69, 9.17) is 4.74 Å². The molecule has 6 heteroatoms. The fourth-order valence-corrected chi connectivity index (χ4v) is 2.96. The molecule has 2 N–H and O–H groups in total. The first-order valence-electron chi connectivity index (χ1n) is 5.87. The molecule has 0 saturated carbocycles. The molecule has 1 aliphatic rings. The Kier molecular flexibility index (Phi) is 5.84. The first kappa shape index (κ1) is 15.8. The smallest absolute Gasteiger partial charge is 0.166 e. The van der Waals surface area contributed by atoms with Crippen LogP contribution < -0.4 is 4.72 Å². The second-order valence-corrected chi connectivity index (χ2v) is 9.04. The van der Waals surface area contributed by atoms with Gasteiger partial charge in [-0.2, -0.15) is 0 Å². The molecular formula is C11H22INO3S. The van der Waals surface area contributed by atoms with E-state index in [1.54, 1.807) is 0 Å². The summed E-state index contributed by atoms with van der Waals surface area (Å²) in [5, 5.41) is 9.66. The lowest BCUT2D eigenvalue weighted by Gasteiger charge is -2.35. The Morgan fingerprint density at radius 2 is 2.06 bits per heavy atom. The van der Waals surface area contributed by atoms with Gasteiger partial charge in [-0.1, -0.05) is 22.6 Å². The number of aliphatic hydroxyl groups is 1. The highest BCUT2D eigenvalue weighted by Crippen LogP contribution is 2.26. The summed E-state index contributed by atoms with van der Waals surface area (Å²) in [6, 6.07) is -0.0198. The number of hydrogen-bond donors (Lipinski definition) is 2. The number of ether oxygens (including phenoxy) is 1. The highest BCUT2D eigenvalue weighted by atomic mass is 127. The van der Waals surface area contributed by atoms with Crippen LogP contribution in [0.4, 0.5) is 0 Å². The number of hydrogen-bond acceptors (Lipinski definition) is 3. The maximum atomic E-state index is 11.9. The molecule has 1 aliphatic heterocycles. The van der Waals surface area contributed by atoms with Crippen LogP contribution in [0.2, 0.25) is 0 Å². The third-order valence-corrected chi connectivity index (χ3v) is 5.69. The standard InChI is InChI=1S/C11H22INO3S/c1-7(13-17(15)11(2,3)4)9-6-5-8(12)10(14)16-9/h7-10,13-14H,5-6H2,1-4H3/t7-,8?,9+,10?,17?/m1/s1. The van der Waals surface area contributed by atoms with Crippen LogP contribution in [0.3, 0.4) is 0 Å². The molecule has 1 heterocycles. The van der Waals surface area contributed by atoms with Crippen molar-refractivity contribution in [1.29, 1.82) is 0 Å². The minimum Gasteiger partial charge on any atom is -0.367 e. The maximum absolute atomic E-state index is 11.9. The molecule has 5 atom stereocenters. The van der Waals surface area contributed by atoms with Crippen molar-refractivity contribution in [2.24, 2.45) is 0 Å². The Morgan fingerprint density at radius 1 is 1.47 bits per heavy atom. The third-order valence-electron chi connectivity index (χ3n) is 2.76. The predicted molar refractivity (Wildman–Crippen MR) is 78.4 cm³/mol. The van der Waals surface area contributed by atoms with Crippen molar-refractivity contribution < 1.29 is 14.1 Å². The minimum absolute atomic E-state index is 0.0198. The average molecular weight is 375 g/mol. The van der Waals surface area contributed by atoms with E-state index >= 15 is 0 Å². The van der Waals surface area contributed by atoms with Crippen molar-refractivity contribution in [1.82, 2.24) is 4.72 Å². The Morgan fingerprint density at radius 3 is 2.53 bits per heavy atom. The van der Waals surface area contributed by atoms with Gasteiger partial charge in [-0.3, -0.25) is 0 Å². The summed E-state index contributed by atoms with van der Waals surface area (Å²) < 4.78 is 20.4. The van der Waals surface area contributed by atoms with Crippen LogP contribution in [0.25, 0.3) is 0 Å². The Bertz CT molecular complexity index is 282. The molecule has 0 bridgehead atoms. The van der Waals surface area contributed by atoms with Crippen LogP contribution >= 0.6 is 22.6 Å². The topological polar surface area (TPSA) is 58.6 Å². The van der Waals surface area contributed by atoms with Crippen LogP contribution in [-0.2, 0) is 15.7 Å². The van der Waals surface area contributed by atoms with Gasteiger partial charge in [0.15, 0.2) is 6.29 Å². The lowest BCUT2D eigenvalue weighted by molar-refractivity contribution is -0.160. The SMILES string of the molecule is C[C@@H](NS(=O)C(C)(C)C)[C@@H]1CCC(I)C(O)O1. The molecule has 4 nitrogen and oxygen atoms in total. The summed E-state index contributed by atoms with van der Waals surface area (Å²) in [4.78, 5) is 0. The van der Waals surface area contributed by atoms with Gasteiger partial charge in [0.05, 0.1) is 25.8 Å². The van der Waals surface area contributed by atoms with Crippen molar-refractivity contribution in [3.05, 3.63) is 0 Å². The van der Waals surface area contributed by atoms with Crippen LogP contribution in [0.5, 0.6) is 0 Å². The van der Waals surface area contributed by atoms with E-state index in [2.05, 4.69) is 27.3 Å². The molecule has 3 unspecified atom stereocenters. The van der Waals surface area contributed by atoms with Crippen molar-refractivity contribution in [2.45, 2.75) is 67.6 Å². The van der Waals surface area contributed by atoms with Crippen LogP contribution in [0, 0.1) is 0 Å². The Hall–Kier alpha value is 0.760.